The number of nitrogens with zero attached hydrogens (tertiary/aromatic N) is 1. The molecule has 0 saturated heterocycles. The van der Waals surface area contributed by atoms with Crippen LogP contribution in [0.5, 0.6) is 0 Å². The molecule has 0 heterocycles. The zero-order valence-corrected chi connectivity index (χ0v) is 20.1. The summed E-state index contributed by atoms with van der Waals surface area (Å²) in [6.07, 6.45) is 4.98. The van der Waals surface area contributed by atoms with Gasteiger partial charge in [-0.1, -0.05) is 97.2 Å². The molecule has 1 atom stereocenters. The van der Waals surface area contributed by atoms with Crippen LogP contribution >= 0.6 is 11.6 Å². The molecule has 1 N–H and O–H groups in total. The van der Waals surface area contributed by atoms with Crippen LogP contribution in [0.25, 0.3) is 0 Å². The van der Waals surface area contributed by atoms with Crippen LogP contribution in [-0.2, 0) is 29.0 Å². The summed E-state index contributed by atoms with van der Waals surface area (Å²) in [5, 5.41) is 3.88. The Hall–Kier alpha value is -3.11. The first-order valence-corrected chi connectivity index (χ1v) is 12.4. The van der Waals surface area contributed by atoms with E-state index in [1.165, 1.54) is 0 Å². The predicted octanol–water partition coefficient (Wildman–Crippen LogP) is 5.58. The smallest absolute Gasteiger partial charge is 0.243 e. The minimum absolute atomic E-state index is 0.0661. The summed E-state index contributed by atoms with van der Waals surface area (Å²) in [6.45, 7) is 0.346. The number of nitrogens with one attached hydrogen (secondary N) is 1. The standard InChI is InChI=1S/C29H31ClN2O2/c30-25-17-15-24(16-18-25)21-32(28(33)20-23-11-5-2-6-12-23)27(19-22-9-3-1-4-10-22)29(34)31-26-13-7-8-14-26/h1-6,9-12,15-18,26-27H,7-8,13-14,19-21H2,(H,31,34)/t27-/m0/s1. The predicted molar refractivity (Wildman–Crippen MR) is 136 cm³/mol. The molecule has 0 aliphatic heterocycles. The highest BCUT2D eigenvalue weighted by Gasteiger charge is 2.32. The minimum Gasteiger partial charge on any atom is -0.352 e. The fourth-order valence-electron chi connectivity index (χ4n) is 4.58. The maximum Gasteiger partial charge on any atom is 0.243 e. The van der Waals surface area contributed by atoms with Crippen molar-refractivity contribution in [2.75, 3.05) is 0 Å². The van der Waals surface area contributed by atoms with Gasteiger partial charge in [-0.25, -0.2) is 0 Å². The van der Waals surface area contributed by atoms with Crippen molar-refractivity contribution in [1.82, 2.24) is 10.2 Å². The van der Waals surface area contributed by atoms with E-state index in [1.54, 1.807) is 4.90 Å². The van der Waals surface area contributed by atoms with Crippen LogP contribution in [0.15, 0.2) is 84.9 Å². The maximum atomic E-state index is 13.7. The summed E-state index contributed by atoms with van der Waals surface area (Å²) < 4.78 is 0. The van der Waals surface area contributed by atoms with Crippen molar-refractivity contribution in [3.8, 4) is 0 Å². The molecule has 34 heavy (non-hydrogen) atoms. The van der Waals surface area contributed by atoms with Gasteiger partial charge in [0.05, 0.1) is 6.42 Å². The molecule has 1 saturated carbocycles. The van der Waals surface area contributed by atoms with Crippen molar-refractivity contribution in [3.05, 3.63) is 107 Å². The SMILES string of the molecule is O=C(NC1CCCC1)[C@H](Cc1ccccc1)N(Cc1ccc(Cl)cc1)C(=O)Cc1ccccc1. The van der Waals surface area contributed by atoms with E-state index in [0.29, 0.717) is 18.0 Å². The molecule has 0 bridgehead atoms. The number of carbonyl (C=O) groups is 2. The lowest BCUT2D eigenvalue weighted by Crippen LogP contribution is -2.52. The van der Waals surface area contributed by atoms with Gasteiger partial charge in [-0.15, -0.1) is 0 Å². The molecule has 1 aliphatic carbocycles. The monoisotopic (exact) mass is 474 g/mol. The van der Waals surface area contributed by atoms with Crippen LogP contribution in [0.4, 0.5) is 0 Å². The van der Waals surface area contributed by atoms with Gasteiger partial charge in [-0.2, -0.15) is 0 Å². The van der Waals surface area contributed by atoms with Crippen LogP contribution in [0, 0.1) is 0 Å². The van der Waals surface area contributed by atoms with Gasteiger partial charge in [0.1, 0.15) is 6.04 Å². The first-order valence-electron chi connectivity index (χ1n) is 12.0. The quantitative estimate of drug-likeness (QED) is 0.440. The fraction of sp³-hybridized carbons (Fsp3) is 0.310. The summed E-state index contributed by atoms with van der Waals surface area (Å²) in [4.78, 5) is 29.0. The molecule has 4 nitrogen and oxygen atoms in total. The summed E-state index contributed by atoms with van der Waals surface area (Å²) in [5.41, 5.74) is 2.91. The van der Waals surface area contributed by atoms with Gasteiger partial charge >= 0.3 is 0 Å². The van der Waals surface area contributed by atoms with Gasteiger partial charge in [0.25, 0.3) is 0 Å². The molecule has 0 spiro atoms. The number of benzene rings is 3. The van der Waals surface area contributed by atoms with E-state index in [4.69, 9.17) is 11.6 Å². The molecule has 1 aliphatic rings. The molecule has 0 radical (unpaired) electrons. The van der Waals surface area contributed by atoms with E-state index >= 15 is 0 Å². The largest absolute Gasteiger partial charge is 0.352 e. The molecule has 176 valence electrons. The Morgan fingerprint density at radius 3 is 2.03 bits per heavy atom. The zero-order valence-electron chi connectivity index (χ0n) is 19.3. The Morgan fingerprint density at radius 2 is 1.41 bits per heavy atom. The van der Waals surface area contributed by atoms with E-state index in [1.807, 2.05) is 84.9 Å². The first kappa shape index (κ1) is 24.0. The molecule has 0 unspecified atom stereocenters. The lowest BCUT2D eigenvalue weighted by atomic mass is 10.0. The molecule has 4 rings (SSSR count). The molecule has 0 aromatic heterocycles. The average Bonchev–Trinajstić information content (AvgIpc) is 3.36. The normalized spacial score (nSPS) is 14.5. The number of hydrogen-bond donors (Lipinski definition) is 1. The van der Waals surface area contributed by atoms with Gasteiger partial charge in [0, 0.05) is 24.0 Å². The van der Waals surface area contributed by atoms with Crippen molar-refractivity contribution < 1.29 is 9.59 Å². The van der Waals surface area contributed by atoms with Crippen molar-refractivity contribution >= 4 is 23.4 Å². The Kier molecular flexibility index (Phi) is 8.37. The van der Waals surface area contributed by atoms with Gasteiger partial charge in [0.15, 0.2) is 0 Å². The summed E-state index contributed by atoms with van der Waals surface area (Å²) in [5.74, 6) is -0.144. The molecule has 3 aromatic rings. The topological polar surface area (TPSA) is 49.4 Å². The van der Waals surface area contributed by atoms with E-state index in [0.717, 1.165) is 42.4 Å². The second-order valence-corrected chi connectivity index (χ2v) is 9.44. The number of halogens is 1. The van der Waals surface area contributed by atoms with E-state index in [-0.39, 0.29) is 24.3 Å². The first-order chi connectivity index (χ1) is 16.6. The lowest BCUT2D eigenvalue weighted by molar-refractivity contribution is -0.141. The number of carbonyl (C=O) groups excluding carboxylic acids is 2. The third-order valence-electron chi connectivity index (χ3n) is 6.44. The summed E-state index contributed by atoms with van der Waals surface area (Å²) in [7, 11) is 0. The minimum atomic E-state index is -0.602. The van der Waals surface area contributed by atoms with Crippen LogP contribution < -0.4 is 5.32 Å². The highest BCUT2D eigenvalue weighted by Crippen LogP contribution is 2.21. The Balaban J connectivity index is 1.64. The summed E-state index contributed by atoms with van der Waals surface area (Å²) in [6, 6.07) is 26.7. The zero-order chi connectivity index (χ0) is 23.8. The number of rotatable bonds is 9. The summed E-state index contributed by atoms with van der Waals surface area (Å²) >= 11 is 6.09. The van der Waals surface area contributed by atoms with E-state index in [2.05, 4.69) is 5.32 Å². The van der Waals surface area contributed by atoms with Crippen LogP contribution in [0.3, 0.4) is 0 Å². The fourth-order valence-corrected chi connectivity index (χ4v) is 4.71. The second-order valence-electron chi connectivity index (χ2n) is 9.01. The highest BCUT2D eigenvalue weighted by atomic mass is 35.5. The van der Waals surface area contributed by atoms with Crippen LogP contribution in [0.2, 0.25) is 5.02 Å². The Morgan fingerprint density at radius 1 is 0.824 bits per heavy atom. The van der Waals surface area contributed by atoms with Gasteiger partial charge in [-0.05, 0) is 41.7 Å². The maximum absolute atomic E-state index is 13.7. The van der Waals surface area contributed by atoms with E-state index in [9.17, 15) is 9.59 Å². The second kappa shape index (κ2) is 11.8. The Bertz CT molecular complexity index is 1060. The molecule has 2 amide bonds. The van der Waals surface area contributed by atoms with Crippen molar-refractivity contribution in [2.24, 2.45) is 0 Å². The van der Waals surface area contributed by atoms with Crippen molar-refractivity contribution in [1.29, 1.82) is 0 Å². The number of hydrogen-bond acceptors (Lipinski definition) is 2. The molecule has 5 heteroatoms. The van der Waals surface area contributed by atoms with Gasteiger partial charge < -0.3 is 10.2 Å². The Labute approximate surface area is 206 Å². The third-order valence-corrected chi connectivity index (χ3v) is 6.69. The van der Waals surface area contributed by atoms with Crippen LogP contribution in [0.1, 0.15) is 42.4 Å². The molecule has 1 fully saturated rings. The molecular weight excluding hydrogens is 444 g/mol. The van der Waals surface area contributed by atoms with E-state index < -0.39 is 6.04 Å². The lowest BCUT2D eigenvalue weighted by Gasteiger charge is -2.32. The van der Waals surface area contributed by atoms with Gasteiger partial charge in [0.2, 0.25) is 11.8 Å². The highest BCUT2D eigenvalue weighted by molar-refractivity contribution is 6.30. The van der Waals surface area contributed by atoms with Crippen LogP contribution in [-0.4, -0.2) is 28.8 Å². The molecular formula is C29H31ClN2O2. The molecule has 3 aromatic carbocycles. The van der Waals surface area contributed by atoms with Crippen molar-refractivity contribution in [3.63, 3.8) is 0 Å². The average molecular weight is 475 g/mol. The third kappa shape index (κ3) is 6.71. The van der Waals surface area contributed by atoms with Gasteiger partial charge in [-0.3, -0.25) is 9.59 Å². The van der Waals surface area contributed by atoms with Crippen molar-refractivity contribution in [2.45, 2.75) is 57.2 Å². The number of amides is 2.